The first-order valence-electron chi connectivity index (χ1n) is 9.81. The van der Waals surface area contributed by atoms with Gasteiger partial charge < -0.3 is 14.8 Å². The van der Waals surface area contributed by atoms with Crippen molar-refractivity contribution in [3.05, 3.63) is 58.7 Å². The maximum atomic E-state index is 6.67. The summed E-state index contributed by atoms with van der Waals surface area (Å²) in [6.45, 7) is 5.35. The van der Waals surface area contributed by atoms with E-state index in [2.05, 4.69) is 42.6 Å². The Kier molecular flexibility index (Phi) is 7.32. The molecule has 2 aliphatic rings. The SMILES string of the molecule is CCCCOC1CNCC[C@]1(OCC1=CC=CCC1)c1ccc(Cl)cc1. The third-order valence-electron chi connectivity index (χ3n) is 5.29. The van der Waals surface area contributed by atoms with Crippen LogP contribution in [0.5, 0.6) is 0 Å². The molecule has 3 rings (SSSR count). The molecule has 1 aromatic carbocycles. The highest BCUT2D eigenvalue weighted by molar-refractivity contribution is 6.30. The molecule has 1 aliphatic carbocycles. The minimum absolute atomic E-state index is 0.00343. The molecule has 1 heterocycles. The van der Waals surface area contributed by atoms with Gasteiger partial charge in [0.15, 0.2) is 0 Å². The van der Waals surface area contributed by atoms with Gasteiger partial charge >= 0.3 is 0 Å². The van der Waals surface area contributed by atoms with Gasteiger partial charge in [0.2, 0.25) is 0 Å². The Morgan fingerprint density at radius 3 is 2.85 bits per heavy atom. The summed E-state index contributed by atoms with van der Waals surface area (Å²) in [6.07, 6.45) is 11.8. The zero-order chi connectivity index (χ0) is 18.2. The van der Waals surface area contributed by atoms with Crippen LogP contribution >= 0.6 is 11.6 Å². The molecule has 142 valence electrons. The second kappa shape index (κ2) is 9.70. The molecule has 0 amide bonds. The van der Waals surface area contributed by atoms with Crippen molar-refractivity contribution in [2.45, 2.75) is 50.7 Å². The van der Waals surface area contributed by atoms with Crippen molar-refractivity contribution < 1.29 is 9.47 Å². The van der Waals surface area contributed by atoms with Crippen LogP contribution in [0.3, 0.4) is 0 Å². The molecule has 0 radical (unpaired) electrons. The first kappa shape index (κ1) is 19.6. The van der Waals surface area contributed by atoms with Crippen LogP contribution in [0.1, 0.15) is 44.6 Å². The van der Waals surface area contributed by atoms with Gasteiger partial charge in [-0.1, -0.05) is 55.3 Å². The van der Waals surface area contributed by atoms with Crippen LogP contribution in [0.15, 0.2) is 48.1 Å². The third-order valence-corrected chi connectivity index (χ3v) is 5.54. The van der Waals surface area contributed by atoms with Crippen molar-refractivity contribution in [2.24, 2.45) is 0 Å². The molecule has 0 saturated carbocycles. The molecule has 1 saturated heterocycles. The predicted octanol–water partition coefficient (Wildman–Crippen LogP) is 5.01. The second-order valence-electron chi connectivity index (χ2n) is 7.14. The Morgan fingerprint density at radius 1 is 1.27 bits per heavy atom. The summed E-state index contributed by atoms with van der Waals surface area (Å²) in [5.41, 5.74) is 2.09. The second-order valence-corrected chi connectivity index (χ2v) is 7.58. The van der Waals surface area contributed by atoms with Crippen LogP contribution in [0.2, 0.25) is 5.02 Å². The van der Waals surface area contributed by atoms with E-state index in [9.17, 15) is 0 Å². The molecule has 1 fully saturated rings. The molecule has 0 aromatic heterocycles. The van der Waals surface area contributed by atoms with Gasteiger partial charge in [-0.05, 0) is 55.5 Å². The lowest BCUT2D eigenvalue weighted by molar-refractivity contribution is -0.161. The summed E-state index contributed by atoms with van der Waals surface area (Å²) in [5.74, 6) is 0. The van der Waals surface area contributed by atoms with E-state index in [-0.39, 0.29) is 6.10 Å². The van der Waals surface area contributed by atoms with E-state index in [4.69, 9.17) is 21.1 Å². The smallest absolute Gasteiger partial charge is 0.122 e. The van der Waals surface area contributed by atoms with Crippen molar-refractivity contribution in [1.29, 1.82) is 0 Å². The summed E-state index contributed by atoms with van der Waals surface area (Å²) >= 11 is 6.13. The number of ether oxygens (including phenoxy) is 2. The van der Waals surface area contributed by atoms with Crippen molar-refractivity contribution in [3.63, 3.8) is 0 Å². The Morgan fingerprint density at radius 2 is 2.12 bits per heavy atom. The summed E-state index contributed by atoms with van der Waals surface area (Å²) in [7, 11) is 0. The fourth-order valence-electron chi connectivity index (χ4n) is 3.70. The number of hydrogen-bond acceptors (Lipinski definition) is 3. The van der Waals surface area contributed by atoms with E-state index in [1.54, 1.807) is 0 Å². The summed E-state index contributed by atoms with van der Waals surface area (Å²) in [6, 6.07) is 8.10. The number of rotatable bonds is 8. The lowest BCUT2D eigenvalue weighted by Gasteiger charge is -2.44. The quantitative estimate of drug-likeness (QED) is 0.648. The van der Waals surface area contributed by atoms with Gasteiger partial charge in [0.05, 0.1) is 6.61 Å². The molecule has 1 unspecified atom stereocenters. The first-order valence-corrected chi connectivity index (χ1v) is 10.2. The van der Waals surface area contributed by atoms with Crippen LogP contribution < -0.4 is 5.32 Å². The maximum Gasteiger partial charge on any atom is 0.122 e. The molecular weight excluding hydrogens is 346 g/mol. The van der Waals surface area contributed by atoms with Gasteiger partial charge in [-0.3, -0.25) is 0 Å². The van der Waals surface area contributed by atoms with E-state index in [0.717, 1.165) is 62.4 Å². The van der Waals surface area contributed by atoms with Gasteiger partial charge in [-0.2, -0.15) is 0 Å². The highest BCUT2D eigenvalue weighted by Crippen LogP contribution is 2.38. The molecule has 0 spiro atoms. The average Bonchev–Trinajstić information content (AvgIpc) is 2.69. The molecule has 2 atom stereocenters. The Balaban J connectivity index is 1.84. The Hall–Kier alpha value is -1.13. The topological polar surface area (TPSA) is 30.5 Å². The van der Waals surface area contributed by atoms with Gasteiger partial charge in [0, 0.05) is 18.2 Å². The largest absolute Gasteiger partial charge is 0.374 e. The standard InChI is InChI=1S/C22H30ClNO2/c1-2-3-15-25-21-16-24-14-13-22(21,19-9-11-20(23)12-10-19)26-17-18-7-5-4-6-8-18/h4-5,7,9-12,21,24H,2-3,6,8,13-17H2,1H3/t21?,22-/m0/s1. The van der Waals surface area contributed by atoms with Gasteiger partial charge in [0.1, 0.15) is 11.7 Å². The van der Waals surface area contributed by atoms with Gasteiger partial charge in [0.25, 0.3) is 0 Å². The molecule has 3 nitrogen and oxygen atoms in total. The van der Waals surface area contributed by atoms with E-state index >= 15 is 0 Å². The number of unbranched alkanes of at least 4 members (excludes halogenated alkanes) is 1. The van der Waals surface area contributed by atoms with Crippen molar-refractivity contribution >= 4 is 11.6 Å². The number of nitrogens with one attached hydrogen (secondary N) is 1. The fourth-order valence-corrected chi connectivity index (χ4v) is 3.83. The molecule has 1 aliphatic heterocycles. The van der Waals surface area contributed by atoms with E-state index in [0.29, 0.717) is 6.61 Å². The maximum absolute atomic E-state index is 6.67. The van der Waals surface area contributed by atoms with Gasteiger partial charge in [-0.25, -0.2) is 0 Å². The monoisotopic (exact) mass is 375 g/mol. The van der Waals surface area contributed by atoms with Crippen LogP contribution in [-0.4, -0.2) is 32.4 Å². The lowest BCUT2D eigenvalue weighted by atomic mass is 9.82. The third kappa shape index (κ3) is 4.77. The Bertz CT molecular complexity index is 626. The minimum Gasteiger partial charge on any atom is -0.374 e. The first-order chi connectivity index (χ1) is 12.7. The zero-order valence-electron chi connectivity index (χ0n) is 15.7. The van der Waals surface area contributed by atoms with E-state index in [1.165, 1.54) is 5.57 Å². The van der Waals surface area contributed by atoms with Crippen LogP contribution in [-0.2, 0) is 15.1 Å². The zero-order valence-corrected chi connectivity index (χ0v) is 16.4. The Labute approximate surface area is 162 Å². The summed E-state index contributed by atoms with van der Waals surface area (Å²) < 4.78 is 13.0. The van der Waals surface area contributed by atoms with E-state index in [1.807, 2.05) is 12.1 Å². The van der Waals surface area contributed by atoms with Crippen LogP contribution in [0.4, 0.5) is 0 Å². The number of piperidine rings is 1. The molecule has 0 bridgehead atoms. The normalized spacial score (nSPS) is 25.9. The highest BCUT2D eigenvalue weighted by Gasteiger charge is 2.44. The lowest BCUT2D eigenvalue weighted by Crippen LogP contribution is -2.55. The summed E-state index contributed by atoms with van der Waals surface area (Å²) in [4.78, 5) is 0. The number of hydrogen-bond donors (Lipinski definition) is 1. The van der Waals surface area contributed by atoms with Crippen molar-refractivity contribution in [1.82, 2.24) is 5.32 Å². The fraction of sp³-hybridized carbons (Fsp3) is 0.545. The van der Waals surface area contributed by atoms with Gasteiger partial charge in [-0.15, -0.1) is 0 Å². The van der Waals surface area contributed by atoms with Crippen LogP contribution in [0.25, 0.3) is 0 Å². The number of benzene rings is 1. The average molecular weight is 376 g/mol. The number of halogens is 1. The summed E-state index contributed by atoms with van der Waals surface area (Å²) in [5, 5.41) is 4.23. The van der Waals surface area contributed by atoms with Crippen LogP contribution in [0, 0.1) is 0 Å². The number of allylic oxidation sites excluding steroid dienone is 3. The predicted molar refractivity (Wildman–Crippen MR) is 108 cm³/mol. The van der Waals surface area contributed by atoms with Crippen molar-refractivity contribution in [3.8, 4) is 0 Å². The molecular formula is C22H30ClNO2. The van der Waals surface area contributed by atoms with Crippen molar-refractivity contribution in [2.75, 3.05) is 26.3 Å². The molecule has 1 aromatic rings. The van der Waals surface area contributed by atoms with E-state index < -0.39 is 5.60 Å². The molecule has 26 heavy (non-hydrogen) atoms. The molecule has 4 heteroatoms. The highest BCUT2D eigenvalue weighted by atomic mass is 35.5. The minimum atomic E-state index is -0.425. The molecule has 1 N–H and O–H groups in total.